The molecule has 0 radical (unpaired) electrons. The summed E-state index contributed by atoms with van der Waals surface area (Å²) in [6, 6.07) is 0. The van der Waals surface area contributed by atoms with Gasteiger partial charge in [-0.25, -0.2) is 0 Å². The van der Waals surface area contributed by atoms with Gasteiger partial charge in [0.05, 0.1) is 0 Å². The van der Waals surface area contributed by atoms with Crippen molar-refractivity contribution < 1.29 is 0 Å². The van der Waals surface area contributed by atoms with Crippen molar-refractivity contribution in [2.45, 2.75) is 48.0 Å². The highest BCUT2D eigenvalue weighted by Crippen LogP contribution is 2.41. The van der Waals surface area contributed by atoms with Crippen LogP contribution in [0.3, 0.4) is 0 Å². The summed E-state index contributed by atoms with van der Waals surface area (Å²) in [5.74, 6) is 0. The summed E-state index contributed by atoms with van der Waals surface area (Å²) < 4.78 is 0. The monoisotopic (exact) mass is 238 g/mol. The molecule has 16 heavy (non-hydrogen) atoms. The van der Waals surface area contributed by atoms with Crippen LogP contribution in [0.15, 0.2) is 34.4 Å². The zero-order valence-electron chi connectivity index (χ0n) is 11.3. The SMILES string of the molecule is C/C(Cl)=C(/C)C1(C)C=CC(C(C)(C)C)=CC1. The molecule has 0 saturated carbocycles. The van der Waals surface area contributed by atoms with Crippen molar-refractivity contribution in [3.63, 3.8) is 0 Å². The number of hydrogen-bond donors (Lipinski definition) is 0. The van der Waals surface area contributed by atoms with E-state index >= 15 is 0 Å². The van der Waals surface area contributed by atoms with Gasteiger partial charge in [-0.1, -0.05) is 57.5 Å². The van der Waals surface area contributed by atoms with Gasteiger partial charge in [0.25, 0.3) is 0 Å². The van der Waals surface area contributed by atoms with E-state index in [1.807, 2.05) is 6.92 Å². The molecule has 0 heterocycles. The Labute approximate surface area is 105 Å². The van der Waals surface area contributed by atoms with E-state index in [1.165, 1.54) is 11.1 Å². The molecule has 1 rings (SSSR count). The highest BCUT2D eigenvalue weighted by atomic mass is 35.5. The molecule has 0 spiro atoms. The average molecular weight is 239 g/mol. The van der Waals surface area contributed by atoms with Gasteiger partial charge >= 0.3 is 0 Å². The van der Waals surface area contributed by atoms with E-state index in [-0.39, 0.29) is 10.8 Å². The van der Waals surface area contributed by atoms with E-state index in [1.54, 1.807) is 0 Å². The molecule has 0 saturated heterocycles. The first-order valence-corrected chi connectivity index (χ1v) is 6.28. The summed E-state index contributed by atoms with van der Waals surface area (Å²) in [6.45, 7) is 13.1. The third-order valence-electron chi connectivity index (χ3n) is 3.62. The van der Waals surface area contributed by atoms with Crippen molar-refractivity contribution in [3.05, 3.63) is 34.4 Å². The molecular weight excluding hydrogens is 216 g/mol. The summed E-state index contributed by atoms with van der Waals surface area (Å²) in [5.41, 5.74) is 3.03. The molecule has 1 atom stereocenters. The number of rotatable bonds is 1. The van der Waals surface area contributed by atoms with Crippen LogP contribution in [0.2, 0.25) is 0 Å². The lowest BCUT2D eigenvalue weighted by molar-refractivity contribution is 0.473. The lowest BCUT2D eigenvalue weighted by Gasteiger charge is -2.33. The third kappa shape index (κ3) is 2.79. The highest BCUT2D eigenvalue weighted by molar-refractivity contribution is 6.29. The zero-order chi connectivity index (χ0) is 12.6. The fourth-order valence-electron chi connectivity index (χ4n) is 1.96. The van der Waals surface area contributed by atoms with E-state index in [4.69, 9.17) is 11.6 Å². The maximum Gasteiger partial charge on any atom is 0.0148 e. The van der Waals surface area contributed by atoms with Gasteiger partial charge in [-0.15, -0.1) is 0 Å². The van der Waals surface area contributed by atoms with Crippen LogP contribution in [0.5, 0.6) is 0 Å². The molecule has 0 bridgehead atoms. The van der Waals surface area contributed by atoms with Gasteiger partial charge in [-0.2, -0.15) is 0 Å². The predicted molar refractivity (Wildman–Crippen MR) is 73.6 cm³/mol. The minimum atomic E-state index is 0.0978. The molecule has 90 valence electrons. The Morgan fingerprint density at radius 2 is 1.88 bits per heavy atom. The fraction of sp³-hybridized carbons (Fsp3) is 0.600. The van der Waals surface area contributed by atoms with E-state index in [0.717, 1.165) is 11.5 Å². The highest BCUT2D eigenvalue weighted by Gasteiger charge is 2.28. The molecule has 1 unspecified atom stereocenters. The molecule has 0 nitrogen and oxygen atoms in total. The van der Waals surface area contributed by atoms with Crippen molar-refractivity contribution in [2.24, 2.45) is 10.8 Å². The summed E-state index contributed by atoms with van der Waals surface area (Å²) in [4.78, 5) is 0. The lowest BCUT2D eigenvalue weighted by Crippen LogP contribution is -2.20. The molecule has 1 heteroatoms. The van der Waals surface area contributed by atoms with Gasteiger partial charge in [-0.3, -0.25) is 0 Å². The smallest absolute Gasteiger partial charge is 0.0148 e. The minimum absolute atomic E-state index is 0.0978. The van der Waals surface area contributed by atoms with E-state index in [2.05, 4.69) is 52.8 Å². The first-order chi connectivity index (χ1) is 7.17. The fourth-order valence-corrected chi connectivity index (χ4v) is 2.18. The summed E-state index contributed by atoms with van der Waals surface area (Å²) >= 11 is 6.10. The second-order valence-corrected chi connectivity index (χ2v) is 6.59. The molecule has 0 aliphatic heterocycles. The summed E-state index contributed by atoms with van der Waals surface area (Å²) in [5, 5.41) is 0.916. The van der Waals surface area contributed by atoms with Crippen LogP contribution in [-0.4, -0.2) is 0 Å². The van der Waals surface area contributed by atoms with Crippen molar-refractivity contribution >= 4 is 11.6 Å². The van der Waals surface area contributed by atoms with Crippen LogP contribution < -0.4 is 0 Å². The van der Waals surface area contributed by atoms with Gasteiger partial charge < -0.3 is 0 Å². The molecule has 0 aromatic rings. The van der Waals surface area contributed by atoms with Crippen LogP contribution in [0, 0.1) is 10.8 Å². The van der Waals surface area contributed by atoms with Gasteiger partial charge in [0.2, 0.25) is 0 Å². The largest absolute Gasteiger partial charge is 0.0895 e. The third-order valence-corrected chi connectivity index (χ3v) is 3.90. The van der Waals surface area contributed by atoms with Crippen LogP contribution in [0.4, 0.5) is 0 Å². The van der Waals surface area contributed by atoms with Crippen molar-refractivity contribution in [2.75, 3.05) is 0 Å². The Kier molecular flexibility index (Phi) is 3.74. The molecule has 1 aliphatic carbocycles. The number of hydrogen-bond acceptors (Lipinski definition) is 0. The Bertz CT molecular complexity index is 359. The summed E-state index contributed by atoms with van der Waals surface area (Å²) in [7, 11) is 0. The summed E-state index contributed by atoms with van der Waals surface area (Å²) in [6.07, 6.45) is 7.96. The molecule has 0 fully saturated rings. The molecule has 0 amide bonds. The van der Waals surface area contributed by atoms with E-state index in [0.29, 0.717) is 0 Å². The second kappa shape index (κ2) is 4.41. The van der Waals surface area contributed by atoms with Gasteiger partial charge in [0.1, 0.15) is 0 Å². The van der Waals surface area contributed by atoms with Crippen LogP contribution in [0.1, 0.15) is 48.0 Å². The van der Waals surface area contributed by atoms with Gasteiger partial charge in [-0.05, 0) is 36.8 Å². The average Bonchev–Trinajstić information content (AvgIpc) is 2.15. The van der Waals surface area contributed by atoms with Crippen LogP contribution in [0.25, 0.3) is 0 Å². The standard InChI is InChI=1S/C15H23Cl/c1-11(12(2)16)15(6)9-7-13(8-10-15)14(3,4)5/h7-9H,10H2,1-6H3/b12-11+. The number of halogens is 1. The molecular formula is C15H23Cl. The normalized spacial score (nSPS) is 27.6. The van der Waals surface area contributed by atoms with Gasteiger partial charge in [0, 0.05) is 10.4 Å². The minimum Gasteiger partial charge on any atom is -0.0895 e. The Morgan fingerprint density at radius 3 is 2.19 bits per heavy atom. The first-order valence-electron chi connectivity index (χ1n) is 5.90. The second-order valence-electron chi connectivity index (χ2n) is 6.02. The van der Waals surface area contributed by atoms with Crippen LogP contribution in [-0.2, 0) is 0 Å². The number of allylic oxidation sites excluding steroid dienone is 6. The maximum atomic E-state index is 6.10. The molecule has 0 N–H and O–H groups in total. The predicted octanol–water partition coefficient (Wildman–Crippen LogP) is 5.46. The quantitative estimate of drug-likeness (QED) is 0.569. The molecule has 0 aromatic heterocycles. The topological polar surface area (TPSA) is 0 Å². The van der Waals surface area contributed by atoms with Gasteiger partial charge in [0.15, 0.2) is 0 Å². The Hall–Kier alpha value is -0.490. The van der Waals surface area contributed by atoms with E-state index in [9.17, 15) is 0 Å². The zero-order valence-corrected chi connectivity index (χ0v) is 12.1. The lowest BCUT2D eigenvalue weighted by atomic mass is 9.72. The Balaban J connectivity index is 2.96. The Morgan fingerprint density at radius 1 is 1.31 bits per heavy atom. The molecule has 1 aliphatic rings. The molecule has 0 aromatic carbocycles. The van der Waals surface area contributed by atoms with Crippen molar-refractivity contribution in [1.29, 1.82) is 0 Å². The maximum absolute atomic E-state index is 6.10. The van der Waals surface area contributed by atoms with E-state index < -0.39 is 0 Å². The van der Waals surface area contributed by atoms with Crippen LogP contribution >= 0.6 is 11.6 Å². The van der Waals surface area contributed by atoms with Crippen molar-refractivity contribution in [1.82, 2.24) is 0 Å². The first kappa shape index (κ1) is 13.6. The van der Waals surface area contributed by atoms with Crippen molar-refractivity contribution in [3.8, 4) is 0 Å².